The summed E-state index contributed by atoms with van der Waals surface area (Å²) in [6.45, 7) is 2.26. The van der Waals surface area contributed by atoms with Crippen molar-refractivity contribution < 1.29 is 9.53 Å². The van der Waals surface area contributed by atoms with Gasteiger partial charge >= 0.3 is 5.97 Å². The number of cyclic esters (lactones) is 1. The largest absolute Gasteiger partial charge is 0.458 e. The summed E-state index contributed by atoms with van der Waals surface area (Å²) in [7, 11) is 0. The molecule has 0 fully saturated rings. The fraction of sp³-hybridized carbons (Fsp3) is 0.650. The molecule has 1 aromatic carbocycles. The van der Waals surface area contributed by atoms with Gasteiger partial charge in [0.2, 0.25) is 0 Å². The molecule has 2 rings (SSSR count). The Kier molecular flexibility index (Phi) is 7.48. The number of esters is 1. The van der Waals surface area contributed by atoms with Crippen LogP contribution in [0.3, 0.4) is 0 Å². The number of hydrogen-bond acceptors (Lipinski definition) is 2. The first kappa shape index (κ1) is 17.1. The highest BCUT2D eigenvalue weighted by molar-refractivity contribution is 5.92. The lowest BCUT2D eigenvalue weighted by atomic mass is 9.95. The zero-order valence-electron chi connectivity index (χ0n) is 14.0. The SMILES string of the molecule is CCCCCCCCCCCC1Cc2ccccc2C(=O)O1. The number of hydrogen-bond donors (Lipinski definition) is 0. The van der Waals surface area contributed by atoms with Gasteiger partial charge in [0.05, 0.1) is 5.56 Å². The number of ether oxygens (including phenoxy) is 1. The van der Waals surface area contributed by atoms with E-state index < -0.39 is 0 Å². The van der Waals surface area contributed by atoms with Crippen molar-refractivity contribution in [2.75, 3.05) is 0 Å². The molecular formula is C20H30O2. The number of carbonyl (C=O) groups excluding carboxylic acids is 1. The summed E-state index contributed by atoms with van der Waals surface area (Å²) in [6.07, 6.45) is 14.0. The predicted molar refractivity (Wildman–Crippen MR) is 91.2 cm³/mol. The highest BCUT2D eigenvalue weighted by atomic mass is 16.5. The second-order valence-corrected chi connectivity index (χ2v) is 6.51. The summed E-state index contributed by atoms with van der Waals surface area (Å²) in [5.74, 6) is -0.136. The third-order valence-electron chi connectivity index (χ3n) is 4.59. The Labute approximate surface area is 135 Å². The standard InChI is InChI=1S/C20H30O2/c1-2-3-4-5-6-7-8-9-10-14-18-16-17-13-11-12-15-19(17)20(21)22-18/h11-13,15,18H,2-10,14,16H2,1H3. The van der Waals surface area contributed by atoms with Gasteiger partial charge in [0.25, 0.3) is 0 Å². The van der Waals surface area contributed by atoms with Crippen molar-refractivity contribution in [2.45, 2.75) is 83.7 Å². The van der Waals surface area contributed by atoms with Crippen LogP contribution >= 0.6 is 0 Å². The minimum Gasteiger partial charge on any atom is -0.458 e. The Morgan fingerprint density at radius 3 is 2.32 bits per heavy atom. The molecule has 2 nitrogen and oxygen atoms in total. The molecule has 0 saturated carbocycles. The van der Waals surface area contributed by atoms with Crippen LogP contribution in [0.2, 0.25) is 0 Å². The van der Waals surface area contributed by atoms with Crippen LogP contribution in [0.4, 0.5) is 0 Å². The van der Waals surface area contributed by atoms with E-state index in [0.717, 1.165) is 24.0 Å². The molecule has 122 valence electrons. The smallest absolute Gasteiger partial charge is 0.338 e. The molecule has 1 aliphatic rings. The van der Waals surface area contributed by atoms with Crippen LogP contribution in [0.5, 0.6) is 0 Å². The van der Waals surface area contributed by atoms with Gasteiger partial charge in [0.1, 0.15) is 6.10 Å². The van der Waals surface area contributed by atoms with Crippen molar-refractivity contribution in [2.24, 2.45) is 0 Å². The van der Waals surface area contributed by atoms with Gasteiger partial charge in [-0.2, -0.15) is 0 Å². The predicted octanol–water partition coefficient (Wildman–Crippen LogP) is 5.69. The maximum Gasteiger partial charge on any atom is 0.338 e. The van der Waals surface area contributed by atoms with Crippen LogP contribution < -0.4 is 0 Å². The molecule has 0 saturated heterocycles. The highest BCUT2D eigenvalue weighted by Gasteiger charge is 2.25. The maximum absolute atomic E-state index is 11.9. The number of rotatable bonds is 10. The molecular weight excluding hydrogens is 272 g/mol. The molecule has 0 aromatic heterocycles. The summed E-state index contributed by atoms with van der Waals surface area (Å²) in [4.78, 5) is 11.9. The van der Waals surface area contributed by atoms with Crippen molar-refractivity contribution in [1.29, 1.82) is 0 Å². The summed E-state index contributed by atoms with van der Waals surface area (Å²) < 4.78 is 5.55. The van der Waals surface area contributed by atoms with Crippen molar-refractivity contribution in [3.05, 3.63) is 35.4 Å². The minimum absolute atomic E-state index is 0.0898. The van der Waals surface area contributed by atoms with Gasteiger partial charge < -0.3 is 4.74 Å². The quantitative estimate of drug-likeness (QED) is 0.410. The van der Waals surface area contributed by atoms with E-state index in [-0.39, 0.29) is 12.1 Å². The van der Waals surface area contributed by atoms with E-state index in [0.29, 0.717) is 0 Å². The molecule has 0 radical (unpaired) electrons. The molecule has 1 aliphatic heterocycles. The van der Waals surface area contributed by atoms with Crippen LogP contribution in [0.1, 0.15) is 87.1 Å². The first-order valence-electron chi connectivity index (χ1n) is 9.10. The summed E-state index contributed by atoms with van der Waals surface area (Å²) in [6, 6.07) is 7.83. The minimum atomic E-state index is -0.136. The lowest BCUT2D eigenvalue weighted by Crippen LogP contribution is -2.27. The fourth-order valence-electron chi connectivity index (χ4n) is 3.24. The van der Waals surface area contributed by atoms with Gasteiger partial charge in [0, 0.05) is 6.42 Å². The van der Waals surface area contributed by atoms with Crippen LogP contribution in [0, 0.1) is 0 Å². The molecule has 1 aromatic rings. The molecule has 0 bridgehead atoms. The molecule has 22 heavy (non-hydrogen) atoms. The Hall–Kier alpha value is -1.31. The third kappa shape index (κ3) is 5.47. The van der Waals surface area contributed by atoms with E-state index in [4.69, 9.17) is 4.74 Å². The average molecular weight is 302 g/mol. The molecule has 0 spiro atoms. The van der Waals surface area contributed by atoms with Gasteiger partial charge in [0.15, 0.2) is 0 Å². The molecule has 1 heterocycles. The van der Waals surface area contributed by atoms with E-state index in [2.05, 4.69) is 13.0 Å². The van der Waals surface area contributed by atoms with Crippen molar-refractivity contribution in [1.82, 2.24) is 0 Å². The average Bonchev–Trinajstić information content (AvgIpc) is 2.53. The molecule has 1 unspecified atom stereocenters. The highest BCUT2D eigenvalue weighted by Crippen LogP contribution is 2.23. The van der Waals surface area contributed by atoms with Gasteiger partial charge in [-0.05, 0) is 24.5 Å². The number of unbranched alkanes of at least 4 members (excludes halogenated alkanes) is 8. The molecule has 2 heteroatoms. The van der Waals surface area contributed by atoms with Crippen molar-refractivity contribution >= 4 is 5.97 Å². The van der Waals surface area contributed by atoms with Gasteiger partial charge in [-0.1, -0.05) is 76.5 Å². The van der Waals surface area contributed by atoms with E-state index in [9.17, 15) is 4.79 Å². The first-order valence-corrected chi connectivity index (χ1v) is 9.10. The Morgan fingerprint density at radius 2 is 1.59 bits per heavy atom. The van der Waals surface area contributed by atoms with Crippen LogP contribution in [-0.2, 0) is 11.2 Å². The topological polar surface area (TPSA) is 26.3 Å². The van der Waals surface area contributed by atoms with Crippen LogP contribution in [0.25, 0.3) is 0 Å². The van der Waals surface area contributed by atoms with E-state index in [1.54, 1.807) is 0 Å². The van der Waals surface area contributed by atoms with Crippen LogP contribution in [-0.4, -0.2) is 12.1 Å². The fourth-order valence-corrected chi connectivity index (χ4v) is 3.24. The molecule has 0 N–H and O–H groups in total. The number of benzene rings is 1. The zero-order chi connectivity index (χ0) is 15.6. The summed E-state index contributed by atoms with van der Waals surface area (Å²) in [5, 5.41) is 0. The van der Waals surface area contributed by atoms with Gasteiger partial charge in [-0.15, -0.1) is 0 Å². The normalized spacial score (nSPS) is 17.1. The number of carbonyl (C=O) groups is 1. The summed E-state index contributed by atoms with van der Waals surface area (Å²) >= 11 is 0. The first-order chi connectivity index (χ1) is 10.8. The second-order valence-electron chi connectivity index (χ2n) is 6.51. The molecule has 0 aliphatic carbocycles. The second kappa shape index (κ2) is 9.66. The van der Waals surface area contributed by atoms with E-state index >= 15 is 0 Å². The molecule has 1 atom stereocenters. The Balaban J connectivity index is 1.56. The number of fused-ring (bicyclic) bond motifs is 1. The van der Waals surface area contributed by atoms with Crippen LogP contribution in [0.15, 0.2) is 24.3 Å². The van der Waals surface area contributed by atoms with E-state index in [1.165, 1.54) is 57.8 Å². The lowest BCUT2D eigenvalue weighted by molar-refractivity contribution is 0.0232. The Bertz CT molecular complexity index is 453. The Morgan fingerprint density at radius 1 is 0.955 bits per heavy atom. The van der Waals surface area contributed by atoms with E-state index in [1.807, 2.05) is 18.2 Å². The van der Waals surface area contributed by atoms with Gasteiger partial charge in [-0.25, -0.2) is 4.79 Å². The van der Waals surface area contributed by atoms with Crippen molar-refractivity contribution in [3.8, 4) is 0 Å². The maximum atomic E-state index is 11.9. The summed E-state index contributed by atoms with van der Waals surface area (Å²) in [5.41, 5.74) is 1.91. The van der Waals surface area contributed by atoms with Crippen molar-refractivity contribution in [3.63, 3.8) is 0 Å². The zero-order valence-corrected chi connectivity index (χ0v) is 14.0. The third-order valence-corrected chi connectivity index (χ3v) is 4.59. The van der Waals surface area contributed by atoms with Gasteiger partial charge in [-0.3, -0.25) is 0 Å². The monoisotopic (exact) mass is 302 g/mol. The lowest BCUT2D eigenvalue weighted by Gasteiger charge is -2.24. The molecule has 0 amide bonds.